The van der Waals surface area contributed by atoms with Crippen LogP contribution in [-0.4, -0.2) is 23.2 Å². The van der Waals surface area contributed by atoms with Crippen LogP contribution in [-0.2, 0) is 0 Å². The average molecular weight is 649 g/mol. The second-order valence-corrected chi connectivity index (χ2v) is 11.3. The van der Waals surface area contributed by atoms with Crippen molar-refractivity contribution in [1.82, 2.24) is 9.97 Å². The molecule has 0 aliphatic heterocycles. The number of para-hydroxylation sites is 8. The summed E-state index contributed by atoms with van der Waals surface area (Å²) in [5.41, 5.74) is 7.64. The molecular formula is C41H33ClN4O2. The molecule has 7 heteroatoms. The fourth-order valence-electron chi connectivity index (χ4n) is 6.03. The molecule has 2 N–H and O–H groups in total. The maximum Gasteiger partial charge on any atom is 0.142 e. The largest absolute Gasteiger partial charge is 0.491 e. The van der Waals surface area contributed by atoms with Gasteiger partial charge in [0.2, 0.25) is 0 Å². The van der Waals surface area contributed by atoms with E-state index in [1.807, 2.05) is 121 Å². The number of halogens is 1. The molecule has 6 aromatic carbocycles. The predicted octanol–water partition coefficient (Wildman–Crippen LogP) is 10.8. The number of hydrogen-bond acceptors (Lipinski definition) is 6. The van der Waals surface area contributed by atoms with Gasteiger partial charge in [0, 0.05) is 28.0 Å². The van der Waals surface area contributed by atoms with E-state index in [2.05, 4.69) is 34.9 Å². The summed E-state index contributed by atoms with van der Waals surface area (Å²) in [5, 5.41) is 11.6. The maximum absolute atomic E-state index is 6.31. The summed E-state index contributed by atoms with van der Waals surface area (Å²) >= 11 is 0. The summed E-state index contributed by atoms with van der Waals surface area (Å²) in [7, 11) is 0. The molecule has 0 radical (unpaired) electrons. The minimum atomic E-state index is 0. The van der Waals surface area contributed by atoms with Gasteiger partial charge < -0.3 is 20.1 Å². The maximum atomic E-state index is 6.31. The van der Waals surface area contributed by atoms with Crippen LogP contribution in [0.2, 0.25) is 0 Å². The van der Waals surface area contributed by atoms with E-state index in [-0.39, 0.29) is 12.4 Å². The van der Waals surface area contributed by atoms with Gasteiger partial charge in [-0.1, -0.05) is 97.1 Å². The lowest BCUT2D eigenvalue weighted by Gasteiger charge is -2.17. The van der Waals surface area contributed by atoms with Crippen molar-refractivity contribution in [2.24, 2.45) is 0 Å². The number of hydrogen-bond donors (Lipinski definition) is 2. The minimum Gasteiger partial charge on any atom is -0.491 e. The quantitative estimate of drug-likeness (QED) is 0.114. The van der Waals surface area contributed by atoms with Crippen molar-refractivity contribution < 1.29 is 9.47 Å². The summed E-state index contributed by atoms with van der Waals surface area (Å²) in [6, 6.07) is 48.9. The Morgan fingerprint density at radius 1 is 0.396 bits per heavy atom. The Hall–Kier alpha value is -5.85. The summed E-state index contributed by atoms with van der Waals surface area (Å²) in [5.74, 6) is 1.58. The van der Waals surface area contributed by atoms with Gasteiger partial charge in [0.15, 0.2) is 0 Å². The van der Waals surface area contributed by atoms with Gasteiger partial charge in [-0.05, 0) is 48.5 Å². The third-order valence-electron chi connectivity index (χ3n) is 8.27. The van der Waals surface area contributed by atoms with Gasteiger partial charge >= 0.3 is 0 Å². The van der Waals surface area contributed by atoms with E-state index in [4.69, 9.17) is 19.4 Å². The second kappa shape index (κ2) is 13.9. The van der Waals surface area contributed by atoms with Crippen molar-refractivity contribution in [3.05, 3.63) is 146 Å². The van der Waals surface area contributed by atoms with Crippen LogP contribution in [0.3, 0.4) is 0 Å². The summed E-state index contributed by atoms with van der Waals surface area (Å²) < 4.78 is 12.6. The van der Waals surface area contributed by atoms with E-state index in [9.17, 15) is 0 Å². The molecule has 0 saturated carbocycles. The lowest BCUT2D eigenvalue weighted by Crippen LogP contribution is -2.07. The molecule has 0 spiro atoms. The number of benzene rings is 6. The lowest BCUT2D eigenvalue weighted by atomic mass is 10.1. The van der Waals surface area contributed by atoms with Crippen LogP contribution < -0.4 is 20.1 Å². The molecule has 6 nitrogen and oxygen atoms in total. The van der Waals surface area contributed by atoms with E-state index in [0.717, 1.165) is 77.9 Å². The molecule has 236 valence electrons. The van der Waals surface area contributed by atoms with Gasteiger partial charge in [-0.15, -0.1) is 12.4 Å². The first-order chi connectivity index (χ1) is 23.3. The first-order valence-corrected chi connectivity index (χ1v) is 15.8. The van der Waals surface area contributed by atoms with Gasteiger partial charge in [-0.25, -0.2) is 9.97 Å². The first-order valence-electron chi connectivity index (χ1n) is 15.8. The number of fused-ring (bicyclic) bond motifs is 4. The number of anilines is 4. The van der Waals surface area contributed by atoms with E-state index < -0.39 is 0 Å². The molecule has 0 bridgehead atoms. The standard InChI is InChI=1S/C41H32N4O2.ClH/c1-5-18-32-28(14-1)40(29-15-2-6-19-33(29)42-32)44-36-22-9-11-24-38(36)46-26-13-27-47-39-25-12-10-23-37(39)45-41-30-16-3-7-20-34(30)43-35-21-8-4-17-31(35)41;/h1-12,14-25H,13,26-27H2,(H,42,44)(H,43,45);1H. The monoisotopic (exact) mass is 648 g/mol. The highest BCUT2D eigenvalue weighted by Crippen LogP contribution is 2.37. The van der Waals surface area contributed by atoms with E-state index in [1.54, 1.807) is 0 Å². The molecule has 0 aliphatic rings. The molecule has 0 unspecified atom stereocenters. The highest BCUT2D eigenvalue weighted by molar-refractivity contribution is 6.10. The number of rotatable bonds is 10. The smallest absolute Gasteiger partial charge is 0.142 e. The number of aromatic nitrogens is 2. The van der Waals surface area contributed by atoms with Crippen molar-refractivity contribution in [3.63, 3.8) is 0 Å². The third kappa shape index (κ3) is 6.14. The molecule has 8 aromatic rings. The van der Waals surface area contributed by atoms with Gasteiger partial charge in [0.1, 0.15) is 11.5 Å². The molecule has 0 aliphatic carbocycles. The number of ether oxygens (including phenoxy) is 2. The zero-order chi connectivity index (χ0) is 31.4. The van der Waals surface area contributed by atoms with Crippen molar-refractivity contribution in [1.29, 1.82) is 0 Å². The SMILES string of the molecule is Cl.c1ccc(OCCCOc2ccccc2Nc2c3ccccc3nc3ccccc23)c(Nc2c3ccccc3nc3ccccc23)c1. The Kier molecular flexibility index (Phi) is 8.90. The molecule has 2 aromatic heterocycles. The van der Waals surface area contributed by atoms with Gasteiger partial charge in [-0.3, -0.25) is 0 Å². The first kappa shape index (κ1) is 30.8. The number of nitrogens with zero attached hydrogens (tertiary/aromatic N) is 2. The zero-order valence-electron chi connectivity index (χ0n) is 26.1. The average Bonchev–Trinajstić information content (AvgIpc) is 3.12. The fourth-order valence-corrected chi connectivity index (χ4v) is 6.03. The Labute approximate surface area is 284 Å². The Morgan fingerprint density at radius 3 is 1.08 bits per heavy atom. The molecule has 0 saturated heterocycles. The van der Waals surface area contributed by atoms with Crippen LogP contribution in [0.1, 0.15) is 6.42 Å². The minimum absolute atomic E-state index is 0. The Morgan fingerprint density at radius 2 is 0.708 bits per heavy atom. The topological polar surface area (TPSA) is 68.3 Å². The van der Waals surface area contributed by atoms with Crippen LogP contribution in [0, 0.1) is 0 Å². The summed E-state index contributed by atoms with van der Waals surface area (Å²) in [6.45, 7) is 1.01. The zero-order valence-corrected chi connectivity index (χ0v) is 26.9. The van der Waals surface area contributed by atoms with Crippen LogP contribution in [0.5, 0.6) is 11.5 Å². The molecule has 8 rings (SSSR count). The second-order valence-electron chi connectivity index (χ2n) is 11.3. The van der Waals surface area contributed by atoms with Gasteiger partial charge in [0.25, 0.3) is 0 Å². The Bertz CT molecular complexity index is 2100. The molecular weight excluding hydrogens is 616 g/mol. The van der Waals surface area contributed by atoms with E-state index in [0.29, 0.717) is 19.6 Å². The highest BCUT2D eigenvalue weighted by atomic mass is 35.5. The van der Waals surface area contributed by atoms with Crippen LogP contribution in [0.15, 0.2) is 146 Å². The van der Waals surface area contributed by atoms with Crippen molar-refractivity contribution in [2.75, 3.05) is 23.8 Å². The molecule has 0 amide bonds. The Balaban J connectivity index is 0.00000364. The van der Waals surface area contributed by atoms with Crippen LogP contribution >= 0.6 is 12.4 Å². The third-order valence-corrected chi connectivity index (χ3v) is 8.27. The van der Waals surface area contributed by atoms with Crippen LogP contribution in [0.4, 0.5) is 22.7 Å². The van der Waals surface area contributed by atoms with Gasteiger partial charge in [0.05, 0.1) is 58.0 Å². The van der Waals surface area contributed by atoms with Crippen LogP contribution in [0.25, 0.3) is 43.6 Å². The number of pyridine rings is 2. The molecule has 0 atom stereocenters. The fraction of sp³-hybridized carbons (Fsp3) is 0.0732. The van der Waals surface area contributed by atoms with E-state index in [1.165, 1.54) is 0 Å². The summed E-state index contributed by atoms with van der Waals surface area (Å²) in [4.78, 5) is 9.72. The molecule has 2 heterocycles. The predicted molar refractivity (Wildman–Crippen MR) is 201 cm³/mol. The number of nitrogens with one attached hydrogen (secondary N) is 2. The normalized spacial score (nSPS) is 11.0. The molecule has 48 heavy (non-hydrogen) atoms. The van der Waals surface area contributed by atoms with Crippen molar-refractivity contribution >= 4 is 78.8 Å². The summed E-state index contributed by atoms with van der Waals surface area (Å²) in [6.07, 6.45) is 0.713. The lowest BCUT2D eigenvalue weighted by molar-refractivity contribution is 0.249. The van der Waals surface area contributed by atoms with Gasteiger partial charge in [-0.2, -0.15) is 0 Å². The highest BCUT2D eigenvalue weighted by Gasteiger charge is 2.13. The van der Waals surface area contributed by atoms with Crippen molar-refractivity contribution in [3.8, 4) is 11.5 Å². The van der Waals surface area contributed by atoms with Crippen molar-refractivity contribution in [2.45, 2.75) is 6.42 Å². The van der Waals surface area contributed by atoms with E-state index >= 15 is 0 Å². The molecule has 0 fully saturated rings.